The number of carbonyl (C=O) groups is 1. The van der Waals surface area contributed by atoms with Gasteiger partial charge in [0.25, 0.3) is 5.91 Å². The van der Waals surface area contributed by atoms with Crippen LogP contribution in [0.5, 0.6) is 5.75 Å². The largest absolute Gasteiger partial charge is 0.492 e. The number of piperidine rings is 1. The van der Waals surface area contributed by atoms with E-state index >= 15 is 0 Å². The molecule has 2 saturated heterocycles. The van der Waals surface area contributed by atoms with E-state index in [9.17, 15) is 4.79 Å². The number of amides is 1. The third-order valence-electron chi connectivity index (χ3n) is 5.71. The Balaban J connectivity index is 1.31. The Morgan fingerprint density at radius 2 is 2.26 bits per heavy atom. The first-order valence-corrected chi connectivity index (χ1v) is 9.56. The fourth-order valence-corrected chi connectivity index (χ4v) is 4.21. The number of pyridine rings is 1. The van der Waals surface area contributed by atoms with Gasteiger partial charge < -0.3 is 18.9 Å². The number of hydrogen-bond donors (Lipinski definition) is 0. The molecule has 2 aromatic heterocycles. The lowest BCUT2D eigenvalue weighted by Gasteiger charge is -2.42. The molecular weight excluding hydrogens is 346 g/mol. The van der Waals surface area contributed by atoms with Crippen molar-refractivity contribution in [1.29, 1.82) is 0 Å². The molecule has 7 heteroatoms. The fraction of sp³-hybridized carbons (Fsp3) is 0.550. The first kappa shape index (κ1) is 18.0. The summed E-state index contributed by atoms with van der Waals surface area (Å²) in [6, 6.07) is 5.48. The maximum absolute atomic E-state index is 12.6. The van der Waals surface area contributed by atoms with Crippen LogP contribution in [-0.4, -0.2) is 52.9 Å². The number of carbonyl (C=O) groups excluding carboxylic acids is 1. The summed E-state index contributed by atoms with van der Waals surface area (Å²) in [6.45, 7) is 4.61. The molecule has 4 rings (SSSR count). The highest BCUT2D eigenvalue weighted by Gasteiger charge is 2.46. The second-order valence-corrected chi connectivity index (χ2v) is 7.35. The minimum atomic E-state index is -0.133. The Bertz CT molecular complexity index is 769. The minimum absolute atomic E-state index is 0.0834. The molecule has 4 heterocycles. The molecule has 0 bridgehead atoms. The van der Waals surface area contributed by atoms with Gasteiger partial charge in [-0.2, -0.15) is 0 Å². The molecule has 0 aliphatic carbocycles. The molecule has 2 fully saturated rings. The number of aromatic nitrogens is 2. The molecule has 2 aliphatic rings. The molecule has 7 nitrogen and oxygen atoms in total. The first-order chi connectivity index (χ1) is 13.2. The van der Waals surface area contributed by atoms with Crippen molar-refractivity contribution in [2.75, 3.05) is 26.3 Å². The van der Waals surface area contributed by atoms with Crippen LogP contribution in [0.15, 0.2) is 35.1 Å². The summed E-state index contributed by atoms with van der Waals surface area (Å²) < 4.78 is 17.1. The number of rotatable bonds is 5. The van der Waals surface area contributed by atoms with Gasteiger partial charge in [0.15, 0.2) is 0 Å². The Labute approximate surface area is 158 Å². The van der Waals surface area contributed by atoms with Gasteiger partial charge in [-0.15, -0.1) is 0 Å². The summed E-state index contributed by atoms with van der Waals surface area (Å²) in [6.07, 6.45) is 7.17. The van der Waals surface area contributed by atoms with E-state index in [-0.39, 0.29) is 11.5 Å². The average Bonchev–Trinajstić information content (AvgIpc) is 3.30. The van der Waals surface area contributed by atoms with Crippen LogP contribution in [0.1, 0.15) is 41.9 Å². The third kappa shape index (κ3) is 3.83. The third-order valence-corrected chi connectivity index (χ3v) is 5.71. The van der Waals surface area contributed by atoms with Gasteiger partial charge in [0.2, 0.25) is 5.76 Å². The van der Waals surface area contributed by atoms with Crippen molar-refractivity contribution in [3.05, 3.63) is 42.0 Å². The lowest BCUT2D eigenvalue weighted by molar-refractivity contribution is -0.0652. The van der Waals surface area contributed by atoms with Crippen molar-refractivity contribution in [2.45, 2.75) is 38.2 Å². The van der Waals surface area contributed by atoms with Crippen LogP contribution in [-0.2, 0) is 4.74 Å². The number of hydrogen-bond acceptors (Lipinski definition) is 6. The van der Waals surface area contributed by atoms with Gasteiger partial charge in [-0.25, -0.2) is 0 Å². The maximum atomic E-state index is 12.6. The molecule has 144 valence electrons. The normalized spacial score (nSPS) is 21.5. The molecule has 0 unspecified atom stereocenters. The Morgan fingerprint density at radius 1 is 1.41 bits per heavy atom. The quantitative estimate of drug-likeness (QED) is 0.804. The standard InChI is InChI=1S/C20H25N3O4/c1-15-13-18(27-22-15)19(24)23-9-6-20(7-10-23)16(5-12-26-20)4-11-25-17-3-2-8-21-14-17/h2-3,8,13-14,16H,4-7,9-12H2,1H3/t16-/m1/s1. The molecule has 0 saturated carbocycles. The van der Waals surface area contributed by atoms with Crippen LogP contribution < -0.4 is 4.74 Å². The first-order valence-electron chi connectivity index (χ1n) is 9.56. The van der Waals surface area contributed by atoms with Crippen molar-refractivity contribution in [2.24, 2.45) is 5.92 Å². The number of nitrogens with zero attached hydrogens (tertiary/aromatic N) is 3. The summed E-state index contributed by atoms with van der Waals surface area (Å²) >= 11 is 0. The molecule has 0 N–H and O–H groups in total. The van der Waals surface area contributed by atoms with Gasteiger partial charge in [0.1, 0.15) is 5.75 Å². The van der Waals surface area contributed by atoms with Gasteiger partial charge in [-0.3, -0.25) is 9.78 Å². The van der Waals surface area contributed by atoms with Gasteiger partial charge >= 0.3 is 0 Å². The zero-order chi connectivity index (χ0) is 18.7. The molecule has 2 aromatic rings. The molecule has 1 amide bonds. The van der Waals surface area contributed by atoms with Crippen LogP contribution in [0.4, 0.5) is 0 Å². The number of likely N-dealkylation sites (tertiary alicyclic amines) is 1. The zero-order valence-corrected chi connectivity index (χ0v) is 15.6. The molecular formula is C20H25N3O4. The van der Waals surface area contributed by atoms with E-state index in [2.05, 4.69) is 10.1 Å². The van der Waals surface area contributed by atoms with Gasteiger partial charge in [-0.1, -0.05) is 5.16 Å². The lowest BCUT2D eigenvalue weighted by atomic mass is 9.78. The second kappa shape index (κ2) is 7.68. The Kier molecular flexibility index (Phi) is 5.11. The molecule has 0 radical (unpaired) electrons. The average molecular weight is 371 g/mol. The van der Waals surface area contributed by atoms with Crippen molar-refractivity contribution < 1.29 is 18.8 Å². The Morgan fingerprint density at radius 3 is 2.96 bits per heavy atom. The van der Waals surface area contributed by atoms with Crippen LogP contribution >= 0.6 is 0 Å². The van der Waals surface area contributed by atoms with Crippen molar-refractivity contribution >= 4 is 5.91 Å². The van der Waals surface area contributed by atoms with Gasteiger partial charge in [-0.05, 0) is 50.7 Å². The molecule has 1 atom stereocenters. The van der Waals surface area contributed by atoms with Crippen LogP contribution in [0.3, 0.4) is 0 Å². The predicted molar refractivity (Wildman–Crippen MR) is 97.5 cm³/mol. The van der Waals surface area contributed by atoms with E-state index in [1.165, 1.54) is 0 Å². The van der Waals surface area contributed by atoms with E-state index in [0.29, 0.717) is 31.4 Å². The Hall–Kier alpha value is -2.41. The molecule has 0 aromatic carbocycles. The topological polar surface area (TPSA) is 77.7 Å². The summed E-state index contributed by atoms with van der Waals surface area (Å²) in [4.78, 5) is 18.5. The van der Waals surface area contributed by atoms with Crippen LogP contribution in [0, 0.1) is 12.8 Å². The minimum Gasteiger partial charge on any atom is -0.492 e. The lowest BCUT2D eigenvalue weighted by Crippen LogP contribution is -2.49. The van der Waals surface area contributed by atoms with E-state index in [0.717, 1.165) is 43.7 Å². The summed E-state index contributed by atoms with van der Waals surface area (Å²) in [5.74, 6) is 1.49. The van der Waals surface area contributed by atoms with Gasteiger partial charge in [0, 0.05) is 32.0 Å². The van der Waals surface area contributed by atoms with E-state index in [4.69, 9.17) is 14.0 Å². The van der Waals surface area contributed by atoms with Crippen LogP contribution in [0.2, 0.25) is 0 Å². The van der Waals surface area contributed by atoms with Gasteiger partial charge in [0.05, 0.1) is 24.1 Å². The summed E-state index contributed by atoms with van der Waals surface area (Å²) in [7, 11) is 0. The highest BCUT2D eigenvalue weighted by atomic mass is 16.5. The molecule has 27 heavy (non-hydrogen) atoms. The number of aryl methyl sites for hydroxylation is 1. The molecule has 2 aliphatic heterocycles. The highest BCUT2D eigenvalue weighted by Crippen LogP contribution is 2.42. The summed E-state index contributed by atoms with van der Waals surface area (Å²) in [5.41, 5.74) is 0.589. The fourth-order valence-electron chi connectivity index (χ4n) is 4.21. The SMILES string of the molecule is Cc1cc(C(=O)N2CCC3(CC2)OCC[C@H]3CCOc2cccnc2)on1. The van der Waals surface area contributed by atoms with E-state index in [1.54, 1.807) is 18.5 Å². The molecule has 1 spiro atoms. The number of ether oxygens (including phenoxy) is 2. The zero-order valence-electron chi connectivity index (χ0n) is 15.6. The smallest absolute Gasteiger partial charge is 0.292 e. The highest BCUT2D eigenvalue weighted by molar-refractivity contribution is 5.91. The van der Waals surface area contributed by atoms with Crippen LogP contribution in [0.25, 0.3) is 0 Å². The van der Waals surface area contributed by atoms with Crippen molar-refractivity contribution in [3.8, 4) is 5.75 Å². The summed E-state index contributed by atoms with van der Waals surface area (Å²) in [5, 5.41) is 3.81. The van der Waals surface area contributed by atoms with Crippen molar-refractivity contribution in [3.63, 3.8) is 0 Å². The predicted octanol–water partition coefficient (Wildman–Crippen LogP) is 2.86. The maximum Gasteiger partial charge on any atom is 0.292 e. The van der Waals surface area contributed by atoms with E-state index < -0.39 is 0 Å². The van der Waals surface area contributed by atoms with Crippen molar-refractivity contribution in [1.82, 2.24) is 15.0 Å². The second-order valence-electron chi connectivity index (χ2n) is 7.35. The van der Waals surface area contributed by atoms with E-state index in [1.807, 2.05) is 24.0 Å². The monoisotopic (exact) mass is 371 g/mol.